The molecule has 1 saturated heterocycles. The summed E-state index contributed by atoms with van der Waals surface area (Å²) in [5, 5.41) is 3.94. The van der Waals surface area contributed by atoms with Crippen LogP contribution in [0.5, 0.6) is 0 Å². The number of halogens is 2. The van der Waals surface area contributed by atoms with E-state index < -0.39 is 5.92 Å². The first-order valence-corrected chi connectivity index (χ1v) is 8.35. The summed E-state index contributed by atoms with van der Waals surface area (Å²) in [6.45, 7) is 2.39. The second-order valence-electron chi connectivity index (χ2n) is 5.76. The molecule has 124 valence electrons. The zero-order valence-electron chi connectivity index (χ0n) is 13.1. The van der Waals surface area contributed by atoms with Crippen LogP contribution in [0.15, 0.2) is 42.5 Å². The predicted octanol–water partition coefficient (Wildman–Crippen LogP) is 4.29. The molecule has 1 aliphatic rings. The molecule has 1 fully saturated rings. The lowest BCUT2D eigenvalue weighted by atomic mass is 10.1. The Balaban J connectivity index is 1.73. The largest absolute Gasteiger partial charge is 0.325 e. The third kappa shape index (κ3) is 3.40. The maximum Gasteiger partial charge on any atom is 0.239 e. The topological polar surface area (TPSA) is 49.4 Å². The van der Waals surface area contributed by atoms with Crippen molar-refractivity contribution in [3.8, 4) is 0 Å². The van der Waals surface area contributed by atoms with E-state index in [0.717, 1.165) is 11.3 Å². The summed E-state index contributed by atoms with van der Waals surface area (Å²) in [5.41, 5.74) is 2.25. The molecule has 1 atom stereocenters. The number of nitrogens with one attached hydrogen (secondary N) is 1. The Hall–Kier alpha value is -2.04. The Bertz CT molecular complexity index is 807. The third-order valence-electron chi connectivity index (χ3n) is 4.07. The number of benzene rings is 2. The molecular weight excluding hydrogens is 347 g/mol. The molecule has 24 heavy (non-hydrogen) atoms. The maximum absolute atomic E-state index is 12.6. The number of rotatable bonds is 3. The van der Waals surface area contributed by atoms with E-state index in [0.29, 0.717) is 28.7 Å². The lowest BCUT2D eigenvalue weighted by molar-refractivity contribution is -0.129. The summed E-state index contributed by atoms with van der Waals surface area (Å²) in [4.78, 5) is 26.6. The van der Waals surface area contributed by atoms with Gasteiger partial charge in [0.05, 0.1) is 0 Å². The van der Waals surface area contributed by atoms with Crippen molar-refractivity contribution in [3.63, 3.8) is 0 Å². The normalized spacial score (nSPS) is 17.2. The summed E-state index contributed by atoms with van der Waals surface area (Å²) in [6, 6.07) is 12.3. The van der Waals surface area contributed by atoms with Crippen LogP contribution in [0.1, 0.15) is 12.0 Å². The standard InChI is InChI=1S/C18H16Cl2N2O2/c1-11-9-14(5-6-16(11)20)22-8-7-15(18(22)24)17(23)21-13-4-2-3-12(19)10-13/h2-6,9-10,15H,7-8H2,1H3,(H,21,23)/t15-/m0/s1. The quantitative estimate of drug-likeness (QED) is 0.827. The molecule has 4 nitrogen and oxygen atoms in total. The predicted molar refractivity (Wildman–Crippen MR) is 96.7 cm³/mol. The average molecular weight is 363 g/mol. The van der Waals surface area contributed by atoms with Gasteiger partial charge in [0.2, 0.25) is 11.8 Å². The zero-order valence-corrected chi connectivity index (χ0v) is 14.6. The summed E-state index contributed by atoms with van der Waals surface area (Å²) >= 11 is 11.9. The van der Waals surface area contributed by atoms with Crippen LogP contribution in [0.2, 0.25) is 10.0 Å². The first-order valence-electron chi connectivity index (χ1n) is 7.59. The highest BCUT2D eigenvalue weighted by Crippen LogP contribution is 2.29. The van der Waals surface area contributed by atoms with Crippen molar-refractivity contribution >= 4 is 46.4 Å². The van der Waals surface area contributed by atoms with Gasteiger partial charge in [-0.25, -0.2) is 0 Å². The van der Waals surface area contributed by atoms with E-state index in [4.69, 9.17) is 23.2 Å². The van der Waals surface area contributed by atoms with Gasteiger partial charge in [0.15, 0.2) is 0 Å². The fraction of sp³-hybridized carbons (Fsp3) is 0.222. The van der Waals surface area contributed by atoms with Crippen LogP contribution in [0.3, 0.4) is 0 Å². The van der Waals surface area contributed by atoms with E-state index >= 15 is 0 Å². The van der Waals surface area contributed by atoms with Crippen molar-refractivity contribution in [1.29, 1.82) is 0 Å². The molecule has 0 spiro atoms. The molecule has 6 heteroatoms. The number of hydrogen-bond donors (Lipinski definition) is 1. The summed E-state index contributed by atoms with van der Waals surface area (Å²) < 4.78 is 0. The number of amides is 2. The highest BCUT2D eigenvalue weighted by Gasteiger charge is 2.37. The van der Waals surface area contributed by atoms with Gasteiger partial charge in [-0.05, 0) is 55.3 Å². The minimum Gasteiger partial charge on any atom is -0.325 e. The fourth-order valence-electron chi connectivity index (χ4n) is 2.77. The molecule has 2 amide bonds. The highest BCUT2D eigenvalue weighted by atomic mass is 35.5. The number of hydrogen-bond acceptors (Lipinski definition) is 2. The first kappa shape index (κ1) is 16.8. The van der Waals surface area contributed by atoms with Crippen molar-refractivity contribution in [2.24, 2.45) is 5.92 Å². The molecule has 1 N–H and O–H groups in total. The van der Waals surface area contributed by atoms with Crippen LogP contribution in [-0.4, -0.2) is 18.4 Å². The van der Waals surface area contributed by atoms with E-state index in [-0.39, 0.29) is 11.8 Å². The van der Waals surface area contributed by atoms with E-state index in [1.165, 1.54) is 0 Å². The molecule has 0 aliphatic carbocycles. The van der Waals surface area contributed by atoms with E-state index in [1.807, 2.05) is 13.0 Å². The molecule has 0 bridgehead atoms. The molecule has 3 rings (SSSR count). The molecule has 2 aromatic carbocycles. The maximum atomic E-state index is 12.6. The molecule has 0 radical (unpaired) electrons. The SMILES string of the molecule is Cc1cc(N2CC[C@@H](C(=O)Nc3cccc(Cl)c3)C2=O)ccc1Cl. The number of carbonyl (C=O) groups is 2. The van der Waals surface area contributed by atoms with Gasteiger partial charge in [-0.15, -0.1) is 0 Å². The van der Waals surface area contributed by atoms with Gasteiger partial charge in [-0.2, -0.15) is 0 Å². The Kier molecular flexibility index (Phi) is 4.78. The van der Waals surface area contributed by atoms with Crippen LogP contribution < -0.4 is 10.2 Å². The van der Waals surface area contributed by atoms with Crippen molar-refractivity contribution < 1.29 is 9.59 Å². The van der Waals surface area contributed by atoms with Crippen molar-refractivity contribution in [1.82, 2.24) is 0 Å². The van der Waals surface area contributed by atoms with Gasteiger partial charge in [0.1, 0.15) is 5.92 Å². The Morgan fingerprint density at radius 1 is 1.21 bits per heavy atom. The fourth-order valence-corrected chi connectivity index (χ4v) is 3.08. The highest BCUT2D eigenvalue weighted by molar-refractivity contribution is 6.31. The van der Waals surface area contributed by atoms with Crippen LogP contribution in [0.25, 0.3) is 0 Å². The minimum atomic E-state index is -0.694. The third-order valence-corrected chi connectivity index (χ3v) is 4.73. The minimum absolute atomic E-state index is 0.198. The monoisotopic (exact) mass is 362 g/mol. The molecule has 0 unspecified atom stereocenters. The van der Waals surface area contributed by atoms with Crippen LogP contribution >= 0.6 is 23.2 Å². The van der Waals surface area contributed by atoms with Gasteiger partial charge in [0, 0.05) is 28.0 Å². The van der Waals surface area contributed by atoms with E-state index in [1.54, 1.807) is 41.3 Å². The number of carbonyl (C=O) groups excluding carboxylic acids is 2. The van der Waals surface area contributed by atoms with E-state index in [2.05, 4.69) is 5.32 Å². The van der Waals surface area contributed by atoms with Crippen LogP contribution in [-0.2, 0) is 9.59 Å². The van der Waals surface area contributed by atoms with Gasteiger partial charge >= 0.3 is 0 Å². The molecule has 0 saturated carbocycles. The van der Waals surface area contributed by atoms with Gasteiger partial charge in [0.25, 0.3) is 0 Å². The summed E-state index contributed by atoms with van der Waals surface area (Å²) in [6.07, 6.45) is 0.479. The second kappa shape index (κ2) is 6.83. The Labute approximate surface area is 150 Å². The van der Waals surface area contributed by atoms with E-state index in [9.17, 15) is 9.59 Å². The lowest BCUT2D eigenvalue weighted by Crippen LogP contribution is -2.33. The summed E-state index contributed by atoms with van der Waals surface area (Å²) in [5.74, 6) is -1.20. The van der Waals surface area contributed by atoms with Crippen LogP contribution in [0, 0.1) is 12.8 Å². The summed E-state index contributed by atoms with van der Waals surface area (Å²) in [7, 11) is 0. The average Bonchev–Trinajstić information content (AvgIpc) is 2.92. The first-order chi connectivity index (χ1) is 11.5. The number of nitrogens with zero attached hydrogens (tertiary/aromatic N) is 1. The molecule has 2 aromatic rings. The lowest BCUT2D eigenvalue weighted by Gasteiger charge is -2.17. The molecular formula is C18H16Cl2N2O2. The molecule has 1 aliphatic heterocycles. The van der Waals surface area contributed by atoms with Gasteiger partial charge < -0.3 is 10.2 Å². The number of aryl methyl sites for hydroxylation is 1. The Morgan fingerprint density at radius 3 is 2.71 bits per heavy atom. The van der Waals surface area contributed by atoms with Crippen LogP contribution in [0.4, 0.5) is 11.4 Å². The molecule has 1 heterocycles. The number of anilines is 2. The second-order valence-corrected chi connectivity index (χ2v) is 6.61. The van der Waals surface area contributed by atoms with Gasteiger partial charge in [-0.3, -0.25) is 9.59 Å². The van der Waals surface area contributed by atoms with Crippen molar-refractivity contribution in [3.05, 3.63) is 58.1 Å². The van der Waals surface area contributed by atoms with Crippen molar-refractivity contribution in [2.45, 2.75) is 13.3 Å². The molecule has 0 aromatic heterocycles. The zero-order chi connectivity index (χ0) is 17.3. The van der Waals surface area contributed by atoms with Crippen molar-refractivity contribution in [2.75, 3.05) is 16.8 Å². The van der Waals surface area contributed by atoms with Gasteiger partial charge in [-0.1, -0.05) is 29.3 Å². The smallest absolute Gasteiger partial charge is 0.239 e. The Morgan fingerprint density at radius 2 is 2.00 bits per heavy atom.